The van der Waals surface area contributed by atoms with E-state index in [1.165, 1.54) is 0 Å². The first-order valence-electron chi connectivity index (χ1n) is 10.6. The highest BCUT2D eigenvalue weighted by atomic mass is 32.2. The summed E-state index contributed by atoms with van der Waals surface area (Å²) in [6.45, 7) is 0. The number of nitrogens with one attached hydrogen (secondary N) is 1. The minimum absolute atomic E-state index is 0.321. The van der Waals surface area contributed by atoms with Crippen LogP contribution in [0.1, 0.15) is 38.3 Å². The molecule has 0 aromatic heterocycles. The molecule has 3 aromatic carbocycles. The van der Waals surface area contributed by atoms with Gasteiger partial charge in [0.25, 0.3) is 17.7 Å². The average molecular weight is 458 g/mol. The van der Waals surface area contributed by atoms with Gasteiger partial charge < -0.3 is 0 Å². The van der Waals surface area contributed by atoms with Gasteiger partial charge in [0, 0.05) is 11.1 Å². The normalized spacial score (nSPS) is 13.4. The van der Waals surface area contributed by atoms with Crippen molar-refractivity contribution in [2.24, 2.45) is 5.10 Å². The maximum Gasteiger partial charge on any atom is 0.263 e. The highest BCUT2D eigenvalue weighted by Crippen LogP contribution is 2.26. The summed E-state index contributed by atoms with van der Waals surface area (Å²) in [6, 6.07) is 24.7. The summed E-state index contributed by atoms with van der Waals surface area (Å²) < 4.78 is 0. The van der Waals surface area contributed by atoms with E-state index < -0.39 is 23.8 Å². The summed E-state index contributed by atoms with van der Waals surface area (Å²) in [5.74, 6) is -0.790. The van der Waals surface area contributed by atoms with Crippen LogP contribution in [0.5, 0.6) is 0 Å². The maximum absolute atomic E-state index is 13.3. The van der Waals surface area contributed by atoms with Gasteiger partial charge in [0.1, 0.15) is 6.04 Å². The first-order chi connectivity index (χ1) is 16.1. The molecule has 3 amide bonds. The smallest absolute Gasteiger partial charge is 0.263 e. The zero-order chi connectivity index (χ0) is 23.2. The topological polar surface area (TPSA) is 78.8 Å². The third-order valence-electron chi connectivity index (χ3n) is 5.41. The van der Waals surface area contributed by atoms with Gasteiger partial charge in [-0.3, -0.25) is 19.3 Å². The quantitative estimate of drug-likeness (QED) is 0.315. The summed E-state index contributed by atoms with van der Waals surface area (Å²) in [5.41, 5.74) is 5.54. The highest BCUT2D eigenvalue weighted by molar-refractivity contribution is 7.98. The summed E-state index contributed by atoms with van der Waals surface area (Å²) in [6.07, 6.45) is 2.25. The molecule has 4 rings (SSSR count). The van der Waals surface area contributed by atoms with E-state index in [0.717, 1.165) is 16.0 Å². The molecule has 1 N–H and O–H groups in total. The van der Waals surface area contributed by atoms with E-state index >= 15 is 0 Å². The number of carbonyl (C=O) groups is 3. The molecular formula is C26H23N3O3S. The van der Waals surface area contributed by atoms with Gasteiger partial charge in [0.15, 0.2) is 0 Å². The Hall–Kier alpha value is -3.71. The molecule has 0 bridgehead atoms. The molecule has 33 heavy (non-hydrogen) atoms. The number of thioether (sulfide) groups is 1. The minimum Gasteiger partial charge on any atom is -0.271 e. The lowest BCUT2D eigenvalue weighted by molar-refractivity contribution is -0.125. The standard InChI is InChI=1S/C26H23N3O3S/c1-33-17-16-22(29-25(31)20-14-8-9-15-21(20)26(29)32)24(30)28-27-23(18-10-4-2-5-11-18)19-12-6-3-7-13-19/h2-15,22H,16-17H2,1H3,(H,28,30). The van der Waals surface area contributed by atoms with E-state index in [1.807, 2.05) is 66.9 Å². The van der Waals surface area contributed by atoms with Gasteiger partial charge in [-0.2, -0.15) is 16.9 Å². The Morgan fingerprint density at radius 3 is 1.82 bits per heavy atom. The monoisotopic (exact) mass is 457 g/mol. The number of hydrazone groups is 1. The van der Waals surface area contributed by atoms with Crippen molar-refractivity contribution in [1.82, 2.24) is 10.3 Å². The predicted octanol–water partition coefficient (Wildman–Crippen LogP) is 3.97. The van der Waals surface area contributed by atoms with Crippen LogP contribution in [-0.4, -0.2) is 46.4 Å². The number of carbonyl (C=O) groups excluding carboxylic acids is 3. The molecule has 1 aliphatic heterocycles. The van der Waals surface area contributed by atoms with Crippen LogP contribution in [0.4, 0.5) is 0 Å². The van der Waals surface area contributed by atoms with Crippen molar-refractivity contribution < 1.29 is 14.4 Å². The Labute approximate surface area is 196 Å². The van der Waals surface area contributed by atoms with Crippen molar-refractivity contribution in [2.75, 3.05) is 12.0 Å². The molecule has 3 aromatic rings. The summed E-state index contributed by atoms with van der Waals surface area (Å²) in [5, 5.41) is 4.42. The number of imide groups is 1. The Balaban J connectivity index is 1.64. The van der Waals surface area contributed by atoms with E-state index in [-0.39, 0.29) is 0 Å². The van der Waals surface area contributed by atoms with Crippen LogP contribution < -0.4 is 5.43 Å². The molecule has 6 nitrogen and oxygen atoms in total. The maximum atomic E-state index is 13.3. The zero-order valence-electron chi connectivity index (χ0n) is 18.1. The van der Waals surface area contributed by atoms with Crippen LogP contribution in [0.25, 0.3) is 0 Å². The van der Waals surface area contributed by atoms with Crippen LogP contribution in [0.2, 0.25) is 0 Å². The van der Waals surface area contributed by atoms with Crippen LogP contribution in [-0.2, 0) is 4.79 Å². The van der Waals surface area contributed by atoms with Crippen LogP contribution >= 0.6 is 11.8 Å². The van der Waals surface area contributed by atoms with E-state index in [1.54, 1.807) is 36.0 Å². The Kier molecular flexibility index (Phi) is 7.00. The molecule has 0 spiro atoms. The Morgan fingerprint density at radius 2 is 1.33 bits per heavy atom. The van der Waals surface area contributed by atoms with Crippen LogP contribution in [0.15, 0.2) is 90.0 Å². The highest BCUT2D eigenvalue weighted by Gasteiger charge is 2.42. The second-order valence-corrected chi connectivity index (χ2v) is 8.48. The number of rotatable bonds is 8. The number of amides is 3. The summed E-state index contributed by atoms with van der Waals surface area (Å²) in [7, 11) is 0. The van der Waals surface area contributed by atoms with Crippen molar-refractivity contribution in [3.05, 3.63) is 107 Å². The lowest BCUT2D eigenvalue weighted by Crippen LogP contribution is -2.49. The van der Waals surface area contributed by atoms with Gasteiger partial charge in [-0.15, -0.1) is 0 Å². The molecule has 0 saturated heterocycles. The molecule has 0 radical (unpaired) electrons. The van der Waals surface area contributed by atoms with Gasteiger partial charge in [-0.25, -0.2) is 5.43 Å². The van der Waals surface area contributed by atoms with Crippen molar-refractivity contribution in [3.63, 3.8) is 0 Å². The van der Waals surface area contributed by atoms with Gasteiger partial charge in [-0.1, -0.05) is 72.8 Å². The number of hydrogen-bond donors (Lipinski definition) is 1. The van der Waals surface area contributed by atoms with Gasteiger partial charge in [0.05, 0.1) is 16.8 Å². The SMILES string of the molecule is CSCCC(C(=O)NN=C(c1ccccc1)c1ccccc1)N1C(=O)c2ccccc2C1=O. The van der Waals surface area contributed by atoms with Crippen molar-refractivity contribution in [3.8, 4) is 0 Å². The van der Waals surface area contributed by atoms with E-state index in [0.29, 0.717) is 29.0 Å². The van der Waals surface area contributed by atoms with Gasteiger partial charge in [-0.05, 0) is 30.6 Å². The second-order valence-electron chi connectivity index (χ2n) is 7.49. The summed E-state index contributed by atoms with van der Waals surface area (Å²) in [4.78, 5) is 40.3. The van der Waals surface area contributed by atoms with E-state index in [2.05, 4.69) is 10.5 Å². The molecular weight excluding hydrogens is 434 g/mol. The zero-order valence-corrected chi connectivity index (χ0v) is 18.9. The lowest BCUT2D eigenvalue weighted by atomic mass is 10.0. The molecule has 0 aliphatic carbocycles. The number of hydrogen-bond acceptors (Lipinski definition) is 5. The third kappa shape index (κ3) is 4.73. The number of fused-ring (bicyclic) bond motifs is 1. The molecule has 1 atom stereocenters. The first-order valence-corrected chi connectivity index (χ1v) is 12.0. The Bertz CT molecular complexity index is 1120. The van der Waals surface area contributed by atoms with Gasteiger partial charge >= 0.3 is 0 Å². The molecule has 1 unspecified atom stereocenters. The first kappa shape index (κ1) is 22.5. The number of benzene rings is 3. The van der Waals surface area contributed by atoms with E-state index in [4.69, 9.17) is 0 Å². The van der Waals surface area contributed by atoms with Crippen molar-refractivity contribution >= 4 is 35.2 Å². The molecule has 166 valence electrons. The largest absolute Gasteiger partial charge is 0.271 e. The fourth-order valence-electron chi connectivity index (χ4n) is 3.77. The molecule has 1 aliphatic rings. The van der Waals surface area contributed by atoms with Crippen LogP contribution in [0.3, 0.4) is 0 Å². The Morgan fingerprint density at radius 1 is 0.848 bits per heavy atom. The lowest BCUT2D eigenvalue weighted by Gasteiger charge is -2.24. The fraction of sp³-hybridized carbons (Fsp3) is 0.154. The molecule has 7 heteroatoms. The van der Waals surface area contributed by atoms with Crippen molar-refractivity contribution in [2.45, 2.75) is 12.5 Å². The predicted molar refractivity (Wildman–Crippen MR) is 130 cm³/mol. The molecule has 1 heterocycles. The second kappa shape index (κ2) is 10.3. The molecule has 0 saturated carbocycles. The van der Waals surface area contributed by atoms with E-state index in [9.17, 15) is 14.4 Å². The minimum atomic E-state index is -0.957. The van der Waals surface area contributed by atoms with Gasteiger partial charge in [0.2, 0.25) is 0 Å². The third-order valence-corrected chi connectivity index (χ3v) is 6.05. The fourth-order valence-corrected chi connectivity index (χ4v) is 4.23. The number of nitrogens with zero attached hydrogens (tertiary/aromatic N) is 2. The average Bonchev–Trinajstić information content (AvgIpc) is 3.11. The summed E-state index contributed by atoms with van der Waals surface area (Å²) >= 11 is 1.55. The van der Waals surface area contributed by atoms with Crippen molar-refractivity contribution in [1.29, 1.82) is 0 Å². The van der Waals surface area contributed by atoms with Crippen LogP contribution in [0, 0.1) is 0 Å². The molecule has 0 fully saturated rings.